The lowest BCUT2D eigenvalue weighted by atomic mass is 9.97. The normalized spacial score (nSPS) is 18.4. The Morgan fingerprint density at radius 1 is 1.19 bits per heavy atom. The van der Waals surface area contributed by atoms with Gasteiger partial charge in [-0.1, -0.05) is 35.0 Å². The Morgan fingerprint density at radius 3 is 2.70 bits per heavy atom. The molecule has 0 saturated carbocycles. The number of aromatic nitrogens is 3. The third-order valence-corrected chi connectivity index (χ3v) is 7.55. The monoisotopic (exact) mass is 551 g/mol. The van der Waals surface area contributed by atoms with Crippen molar-refractivity contribution in [2.75, 3.05) is 19.7 Å². The molecule has 0 radical (unpaired) electrons. The average Bonchev–Trinajstić information content (AvgIpc) is 3.58. The molecule has 2 aliphatic heterocycles. The van der Waals surface area contributed by atoms with Crippen LogP contribution in [0.15, 0.2) is 47.2 Å². The highest BCUT2D eigenvalue weighted by Gasteiger charge is 2.37. The second-order valence-electron chi connectivity index (χ2n) is 8.58. The number of carbonyl (C=O) groups is 1. The first-order valence-electron chi connectivity index (χ1n) is 11.5. The van der Waals surface area contributed by atoms with E-state index in [0.29, 0.717) is 37.4 Å². The molecular formula is C24H21ClF3N5O3S. The number of amides is 1. The predicted molar refractivity (Wildman–Crippen MR) is 130 cm³/mol. The van der Waals surface area contributed by atoms with E-state index in [1.807, 2.05) is 29.6 Å². The van der Waals surface area contributed by atoms with Gasteiger partial charge < -0.3 is 14.5 Å². The average molecular weight is 552 g/mol. The molecule has 0 aliphatic carbocycles. The van der Waals surface area contributed by atoms with Crippen molar-refractivity contribution in [3.8, 4) is 5.88 Å². The van der Waals surface area contributed by atoms with Crippen LogP contribution in [0.1, 0.15) is 53.2 Å². The largest absolute Gasteiger partial charge is 0.466 e. The maximum absolute atomic E-state index is 13.0. The van der Waals surface area contributed by atoms with Crippen molar-refractivity contribution >= 4 is 34.6 Å². The Kier molecular flexibility index (Phi) is 7.29. The van der Waals surface area contributed by atoms with Gasteiger partial charge in [0.05, 0.1) is 10.7 Å². The molecule has 1 amide bonds. The van der Waals surface area contributed by atoms with Gasteiger partial charge in [-0.3, -0.25) is 4.79 Å². The van der Waals surface area contributed by atoms with Crippen molar-refractivity contribution in [3.05, 3.63) is 69.0 Å². The Morgan fingerprint density at radius 2 is 1.95 bits per heavy atom. The van der Waals surface area contributed by atoms with Crippen LogP contribution < -0.4 is 4.74 Å². The summed E-state index contributed by atoms with van der Waals surface area (Å²) >= 11 is 7.82. The van der Waals surface area contributed by atoms with E-state index in [1.54, 1.807) is 16.2 Å². The molecule has 0 spiro atoms. The maximum Gasteiger partial charge on any atom is 0.438 e. The van der Waals surface area contributed by atoms with E-state index in [2.05, 4.69) is 15.1 Å². The molecule has 0 bridgehead atoms. The summed E-state index contributed by atoms with van der Waals surface area (Å²) in [7, 11) is 0. The van der Waals surface area contributed by atoms with Crippen LogP contribution in [0.4, 0.5) is 13.2 Å². The highest BCUT2D eigenvalue weighted by molar-refractivity contribution is 7.10. The van der Waals surface area contributed by atoms with Crippen molar-refractivity contribution in [1.29, 1.82) is 0 Å². The molecule has 8 nitrogen and oxygen atoms in total. The number of halogens is 4. The number of likely N-dealkylation sites (tertiary alicyclic amines) is 1. The first kappa shape index (κ1) is 25.4. The zero-order valence-corrected chi connectivity index (χ0v) is 20.9. The minimum absolute atomic E-state index is 0.169. The number of piperidine rings is 1. The van der Waals surface area contributed by atoms with Gasteiger partial charge in [0.25, 0.3) is 5.91 Å². The molecule has 2 aromatic heterocycles. The smallest absolute Gasteiger partial charge is 0.438 e. The summed E-state index contributed by atoms with van der Waals surface area (Å²) in [4.78, 5) is 31.3. The lowest BCUT2D eigenvalue weighted by Crippen LogP contribution is -2.40. The van der Waals surface area contributed by atoms with E-state index in [9.17, 15) is 18.0 Å². The SMILES string of the molecule is O=C(COc1nccnc1C(F)(F)F)N1CCC(c2nc(C3=NOC(c4ccccc4Cl)C3)cs2)CC1. The molecule has 1 unspecified atom stereocenters. The number of rotatable bonds is 6. The van der Waals surface area contributed by atoms with Gasteiger partial charge in [0.15, 0.2) is 12.7 Å². The highest BCUT2D eigenvalue weighted by atomic mass is 35.5. The molecule has 5 rings (SSSR count). The Hall–Kier alpha value is -3.25. The first-order valence-corrected chi connectivity index (χ1v) is 12.8. The van der Waals surface area contributed by atoms with Gasteiger partial charge in [0.1, 0.15) is 5.71 Å². The summed E-state index contributed by atoms with van der Waals surface area (Å²) in [6.07, 6.45) is -1.02. The number of ether oxygens (including phenoxy) is 1. The predicted octanol–water partition coefficient (Wildman–Crippen LogP) is 5.26. The van der Waals surface area contributed by atoms with E-state index in [-0.39, 0.29) is 12.0 Å². The van der Waals surface area contributed by atoms with Gasteiger partial charge in [0.2, 0.25) is 11.6 Å². The van der Waals surface area contributed by atoms with Gasteiger partial charge in [0, 0.05) is 53.8 Å². The number of hydrogen-bond acceptors (Lipinski definition) is 8. The Labute approximate surface area is 219 Å². The second kappa shape index (κ2) is 10.6. The topological polar surface area (TPSA) is 89.8 Å². The zero-order valence-electron chi connectivity index (χ0n) is 19.3. The molecular weight excluding hydrogens is 531 g/mol. The Bertz CT molecular complexity index is 1310. The quantitative estimate of drug-likeness (QED) is 0.415. The molecule has 3 aromatic rings. The number of thiazole rings is 1. The summed E-state index contributed by atoms with van der Waals surface area (Å²) < 4.78 is 44.2. The third-order valence-electron chi connectivity index (χ3n) is 6.20. The minimum Gasteiger partial charge on any atom is -0.466 e. The minimum atomic E-state index is -4.72. The maximum atomic E-state index is 13.0. The van der Waals surface area contributed by atoms with Crippen LogP contribution in [0.5, 0.6) is 5.88 Å². The molecule has 1 aromatic carbocycles. The molecule has 1 atom stereocenters. The van der Waals surface area contributed by atoms with Crippen LogP contribution in [-0.2, 0) is 15.8 Å². The van der Waals surface area contributed by atoms with E-state index in [0.717, 1.165) is 34.4 Å². The molecule has 37 heavy (non-hydrogen) atoms. The van der Waals surface area contributed by atoms with Gasteiger partial charge in [-0.05, 0) is 18.9 Å². The van der Waals surface area contributed by atoms with E-state index >= 15 is 0 Å². The third kappa shape index (κ3) is 5.69. The summed E-state index contributed by atoms with van der Waals surface area (Å²) in [5, 5.41) is 7.76. The first-order chi connectivity index (χ1) is 17.8. The molecule has 1 saturated heterocycles. The molecule has 194 valence electrons. The van der Waals surface area contributed by atoms with E-state index in [4.69, 9.17) is 26.2 Å². The lowest BCUT2D eigenvalue weighted by molar-refractivity contribution is -0.144. The van der Waals surface area contributed by atoms with Crippen LogP contribution in [0.25, 0.3) is 0 Å². The van der Waals surface area contributed by atoms with Crippen molar-refractivity contribution in [2.24, 2.45) is 5.16 Å². The summed E-state index contributed by atoms with van der Waals surface area (Å²) in [6, 6.07) is 7.50. The fourth-order valence-corrected chi connectivity index (χ4v) is 5.52. The number of alkyl halides is 3. The van der Waals surface area contributed by atoms with Gasteiger partial charge >= 0.3 is 6.18 Å². The molecule has 0 N–H and O–H groups in total. The molecule has 1 fully saturated rings. The number of carbonyl (C=O) groups excluding carboxylic acids is 1. The van der Waals surface area contributed by atoms with Crippen LogP contribution >= 0.6 is 22.9 Å². The number of hydrogen-bond donors (Lipinski definition) is 0. The fourth-order valence-electron chi connectivity index (χ4n) is 4.26. The molecule has 13 heteroatoms. The number of benzene rings is 1. The molecule has 4 heterocycles. The van der Waals surface area contributed by atoms with Gasteiger partial charge in [-0.15, -0.1) is 11.3 Å². The fraction of sp³-hybridized carbons (Fsp3) is 0.375. The van der Waals surface area contributed by atoms with E-state index < -0.39 is 30.3 Å². The van der Waals surface area contributed by atoms with Crippen molar-refractivity contribution in [1.82, 2.24) is 19.9 Å². The summed E-state index contributed by atoms with van der Waals surface area (Å²) in [6.45, 7) is 0.361. The highest BCUT2D eigenvalue weighted by Crippen LogP contribution is 2.36. The van der Waals surface area contributed by atoms with Crippen molar-refractivity contribution in [3.63, 3.8) is 0 Å². The van der Waals surface area contributed by atoms with Crippen LogP contribution in [-0.4, -0.2) is 51.2 Å². The van der Waals surface area contributed by atoms with Gasteiger partial charge in [-0.2, -0.15) is 13.2 Å². The van der Waals surface area contributed by atoms with Crippen molar-refractivity contribution in [2.45, 2.75) is 37.5 Å². The summed E-state index contributed by atoms with van der Waals surface area (Å²) in [5.41, 5.74) is 1.16. The molecule has 2 aliphatic rings. The zero-order chi connectivity index (χ0) is 26.0. The summed E-state index contributed by atoms with van der Waals surface area (Å²) in [5.74, 6) is -0.938. The van der Waals surface area contributed by atoms with Gasteiger partial charge in [-0.25, -0.2) is 15.0 Å². The van der Waals surface area contributed by atoms with Crippen molar-refractivity contribution < 1.29 is 27.5 Å². The van der Waals surface area contributed by atoms with Crippen LogP contribution in [0.2, 0.25) is 5.02 Å². The number of nitrogens with zero attached hydrogens (tertiary/aromatic N) is 5. The van der Waals surface area contributed by atoms with E-state index in [1.165, 1.54) is 0 Å². The lowest BCUT2D eigenvalue weighted by Gasteiger charge is -2.31. The second-order valence-corrected chi connectivity index (χ2v) is 9.88. The standard InChI is InChI=1S/C24H21ClF3N5O3S/c25-16-4-2-1-3-15(16)19-11-17(32-36-19)18-13-37-23(31-18)14-5-9-33(10-6-14)20(34)12-35-22-21(24(26,27)28)29-7-8-30-22/h1-4,7-8,13-14,19H,5-6,9-12H2. The van der Waals surface area contributed by atoms with Crippen LogP contribution in [0, 0.1) is 0 Å². The Balaban J connectivity index is 1.13. The number of oxime groups is 1. The van der Waals surface area contributed by atoms with Crippen LogP contribution in [0.3, 0.4) is 0 Å².